The van der Waals surface area contributed by atoms with Crippen molar-refractivity contribution in [2.45, 2.75) is 32.9 Å². The Morgan fingerprint density at radius 1 is 1.29 bits per heavy atom. The van der Waals surface area contributed by atoms with E-state index >= 15 is 0 Å². The average Bonchev–Trinajstić information content (AvgIpc) is 2.53. The molecule has 1 aromatic carbocycles. The van der Waals surface area contributed by atoms with Crippen LogP contribution in [0.25, 0.3) is 0 Å². The van der Waals surface area contributed by atoms with Gasteiger partial charge in [-0.2, -0.15) is 0 Å². The van der Waals surface area contributed by atoms with Crippen molar-refractivity contribution in [1.29, 1.82) is 0 Å². The predicted molar refractivity (Wildman–Crippen MR) is 90.2 cm³/mol. The summed E-state index contributed by atoms with van der Waals surface area (Å²) < 4.78 is 10.5. The number of nitrogens with zero attached hydrogens (tertiary/aromatic N) is 1. The van der Waals surface area contributed by atoms with Crippen molar-refractivity contribution in [2.75, 3.05) is 19.1 Å². The van der Waals surface area contributed by atoms with E-state index in [0.717, 1.165) is 4.90 Å². The number of carbonyl (C=O) groups is 2. The molecule has 2 rings (SSSR count). The molecule has 0 bridgehead atoms. The van der Waals surface area contributed by atoms with E-state index in [1.807, 2.05) is 13.8 Å². The molecule has 1 aliphatic rings. The van der Waals surface area contributed by atoms with E-state index in [4.69, 9.17) is 9.47 Å². The van der Waals surface area contributed by atoms with E-state index in [0.29, 0.717) is 22.8 Å². The van der Waals surface area contributed by atoms with Crippen molar-refractivity contribution in [1.82, 2.24) is 5.32 Å². The number of nitrogens with one attached hydrogen (secondary N) is 1. The first kappa shape index (κ1) is 17.7. The van der Waals surface area contributed by atoms with Crippen molar-refractivity contribution in [3.05, 3.63) is 29.5 Å². The third kappa shape index (κ3) is 3.02. The Balaban J connectivity index is 2.65. The highest BCUT2D eigenvalue weighted by molar-refractivity contribution is 6.18. The van der Waals surface area contributed by atoms with Crippen LogP contribution in [0.3, 0.4) is 0 Å². The zero-order valence-electron chi connectivity index (χ0n) is 14.4. The number of ketones is 1. The SMILES string of the molecule is COc1cc2c(cc1OC)N(C(=O)O)C(C)C(=CNC(C)C)C2=O. The van der Waals surface area contributed by atoms with E-state index in [1.54, 1.807) is 13.1 Å². The maximum atomic E-state index is 12.9. The largest absolute Gasteiger partial charge is 0.493 e. The van der Waals surface area contributed by atoms with Gasteiger partial charge in [-0.25, -0.2) is 4.79 Å². The molecule has 24 heavy (non-hydrogen) atoms. The van der Waals surface area contributed by atoms with Crippen LogP contribution in [0.4, 0.5) is 10.5 Å². The standard InChI is InChI=1S/C17H22N2O5/c1-9(2)18-8-12-10(3)19(17(21)22)13-7-15(24-5)14(23-4)6-11(13)16(12)20/h6-10,18H,1-5H3,(H,21,22). The molecule has 0 radical (unpaired) electrons. The molecule has 1 atom stereocenters. The van der Waals surface area contributed by atoms with Gasteiger partial charge in [-0.1, -0.05) is 0 Å². The van der Waals surface area contributed by atoms with Gasteiger partial charge in [0.05, 0.1) is 31.5 Å². The van der Waals surface area contributed by atoms with Crippen LogP contribution in [0.15, 0.2) is 23.9 Å². The monoisotopic (exact) mass is 334 g/mol. The maximum Gasteiger partial charge on any atom is 0.412 e. The van der Waals surface area contributed by atoms with Crippen molar-refractivity contribution < 1.29 is 24.2 Å². The van der Waals surface area contributed by atoms with E-state index in [-0.39, 0.29) is 17.4 Å². The van der Waals surface area contributed by atoms with Crippen LogP contribution >= 0.6 is 0 Å². The quantitative estimate of drug-likeness (QED) is 0.823. The molecule has 2 N–H and O–H groups in total. The lowest BCUT2D eigenvalue weighted by atomic mass is 9.90. The fourth-order valence-electron chi connectivity index (χ4n) is 2.65. The highest BCUT2D eigenvalue weighted by Crippen LogP contribution is 2.40. The summed E-state index contributed by atoms with van der Waals surface area (Å²) in [6, 6.07) is 2.54. The molecular formula is C17H22N2O5. The topological polar surface area (TPSA) is 88.1 Å². The number of rotatable bonds is 4. The molecule has 0 saturated heterocycles. The Kier molecular flexibility index (Phi) is 5.02. The van der Waals surface area contributed by atoms with Gasteiger partial charge < -0.3 is 19.9 Å². The number of amides is 1. The Morgan fingerprint density at radius 2 is 1.88 bits per heavy atom. The lowest BCUT2D eigenvalue weighted by Crippen LogP contribution is -2.45. The third-order valence-electron chi connectivity index (χ3n) is 3.88. The van der Waals surface area contributed by atoms with Crippen LogP contribution < -0.4 is 19.7 Å². The minimum absolute atomic E-state index is 0.127. The Hall–Kier alpha value is -2.70. The Labute approximate surface area is 140 Å². The lowest BCUT2D eigenvalue weighted by Gasteiger charge is -2.34. The number of Topliss-reactive ketones (excluding diaryl/α,β-unsaturated/α-hetero) is 1. The number of carboxylic acid groups (broad SMARTS) is 1. The minimum Gasteiger partial charge on any atom is -0.493 e. The van der Waals surface area contributed by atoms with Gasteiger partial charge in [-0.15, -0.1) is 0 Å². The number of anilines is 1. The number of fused-ring (bicyclic) bond motifs is 1. The maximum absolute atomic E-state index is 12.9. The molecule has 1 amide bonds. The van der Waals surface area contributed by atoms with Gasteiger partial charge in [0.1, 0.15) is 0 Å². The summed E-state index contributed by atoms with van der Waals surface area (Å²) in [5, 5.41) is 12.7. The second kappa shape index (κ2) is 6.82. The van der Waals surface area contributed by atoms with Crippen LogP contribution in [0, 0.1) is 0 Å². The Bertz CT molecular complexity index is 696. The molecule has 0 spiro atoms. The van der Waals surface area contributed by atoms with Crippen LogP contribution in [-0.4, -0.2) is 43.3 Å². The van der Waals surface area contributed by atoms with Crippen LogP contribution in [0.5, 0.6) is 11.5 Å². The number of ether oxygens (including phenoxy) is 2. The number of hydrogen-bond acceptors (Lipinski definition) is 5. The normalized spacial score (nSPS) is 18.6. The second-order valence-corrected chi connectivity index (χ2v) is 5.80. The van der Waals surface area contributed by atoms with Crippen molar-refractivity contribution in [2.24, 2.45) is 0 Å². The van der Waals surface area contributed by atoms with E-state index in [2.05, 4.69) is 5.32 Å². The van der Waals surface area contributed by atoms with Gasteiger partial charge in [-0.05, 0) is 26.8 Å². The lowest BCUT2D eigenvalue weighted by molar-refractivity contribution is 0.102. The third-order valence-corrected chi connectivity index (χ3v) is 3.88. The van der Waals surface area contributed by atoms with Gasteiger partial charge >= 0.3 is 6.09 Å². The van der Waals surface area contributed by atoms with E-state index < -0.39 is 12.1 Å². The molecule has 0 aliphatic carbocycles. The molecule has 0 saturated carbocycles. The van der Waals surface area contributed by atoms with E-state index in [1.165, 1.54) is 26.4 Å². The zero-order chi connectivity index (χ0) is 18.0. The fraction of sp³-hybridized carbons (Fsp3) is 0.412. The number of methoxy groups -OCH3 is 2. The molecule has 7 heteroatoms. The molecule has 1 aromatic rings. The van der Waals surface area contributed by atoms with Crippen molar-refractivity contribution >= 4 is 17.6 Å². The molecule has 1 aliphatic heterocycles. The van der Waals surface area contributed by atoms with Gasteiger partial charge in [0, 0.05) is 23.9 Å². The van der Waals surface area contributed by atoms with Crippen molar-refractivity contribution in [3.63, 3.8) is 0 Å². The fourth-order valence-corrected chi connectivity index (χ4v) is 2.65. The summed E-state index contributed by atoms with van der Waals surface area (Å²) in [6.07, 6.45) is 0.451. The minimum atomic E-state index is -1.14. The molecule has 1 unspecified atom stereocenters. The number of carbonyl (C=O) groups excluding carboxylic acids is 1. The van der Waals surface area contributed by atoms with Gasteiger partial charge in [0.25, 0.3) is 0 Å². The average molecular weight is 334 g/mol. The van der Waals surface area contributed by atoms with E-state index in [9.17, 15) is 14.7 Å². The number of benzene rings is 1. The number of hydrogen-bond donors (Lipinski definition) is 2. The first-order valence-corrected chi connectivity index (χ1v) is 7.60. The summed E-state index contributed by atoms with van der Waals surface area (Å²) in [4.78, 5) is 25.8. The molecule has 0 fully saturated rings. The highest BCUT2D eigenvalue weighted by Gasteiger charge is 2.38. The highest BCUT2D eigenvalue weighted by atomic mass is 16.5. The smallest absolute Gasteiger partial charge is 0.412 e. The molecule has 1 heterocycles. The zero-order valence-corrected chi connectivity index (χ0v) is 14.4. The second-order valence-electron chi connectivity index (χ2n) is 5.80. The molecule has 130 valence electrons. The van der Waals surface area contributed by atoms with Crippen LogP contribution in [-0.2, 0) is 0 Å². The summed E-state index contributed by atoms with van der Waals surface area (Å²) in [5.74, 6) is 0.514. The van der Waals surface area contributed by atoms with Gasteiger partial charge in [0.2, 0.25) is 0 Å². The summed E-state index contributed by atoms with van der Waals surface area (Å²) in [5.41, 5.74) is 0.940. The Morgan fingerprint density at radius 3 is 2.38 bits per heavy atom. The first-order chi connectivity index (χ1) is 11.3. The summed E-state index contributed by atoms with van der Waals surface area (Å²) in [6.45, 7) is 5.55. The van der Waals surface area contributed by atoms with Crippen LogP contribution in [0.2, 0.25) is 0 Å². The van der Waals surface area contributed by atoms with Gasteiger partial charge in [0.15, 0.2) is 17.3 Å². The predicted octanol–water partition coefficient (Wildman–Crippen LogP) is 2.65. The summed E-state index contributed by atoms with van der Waals surface area (Å²) >= 11 is 0. The first-order valence-electron chi connectivity index (χ1n) is 7.60. The molecule has 0 aromatic heterocycles. The molecule has 7 nitrogen and oxygen atoms in total. The van der Waals surface area contributed by atoms with Crippen LogP contribution in [0.1, 0.15) is 31.1 Å². The van der Waals surface area contributed by atoms with Crippen molar-refractivity contribution in [3.8, 4) is 11.5 Å². The summed E-state index contributed by atoms with van der Waals surface area (Å²) in [7, 11) is 2.92. The van der Waals surface area contributed by atoms with Gasteiger partial charge in [-0.3, -0.25) is 9.69 Å². The molecular weight excluding hydrogens is 312 g/mol.